The molecule has 0 bridgehead atoms. The summed E-state index contributed by atoms with van der Waals surface area (Å²) < 4.78 is 5.69. The molecule has 20 heavy (non-hydrogen) atoms. The van der Waals surface area contributed by atoms with Gasteiger partial charge in [0.1, 0.15) is 5.41 Å². The quantitative estimate of drug-likeness (QED) is 0.925. The van der Waals surface area contributed by atoms with Crippen LogP contribution < -0.4 is 4.90 Å². The first-order valence-electron chi connectivity index (χ1n) is 6.94. The van der Waals surface area contributed by atoms with E-state index in [0.29, 0.717) is 18.3 Å². The summed E-state index contributed by atoms with van der Waals surface area (Å²) in [7, 11) is 0. The Kier molecular flexibility index (Phi) is 4.34. The van der Waals surface area contributed by atoms with Crippen molar-refractivity contribution < 1.29 is 14.6 Å². The zero-order valence-corrected chi connectivity index (χ0v) is 13.2. The number of carbonyl (C=O) groups is 1. The maximum atomic E-state index is 11.3. The molecule has 2 heterocycles. The van der Waals surface area contributed by atoms with Gasteiger partial charge >= 0.3 is 5.97 Å². The maximum absolute atomic E-state index is 11.3. The van der Waals surface area contributed by atoms with E-state index in [2.05, 4.69) is 23.7 Å². The van der Waals surface area contributed by atoms with Gasteiger partial charge in [-0.05, 0) is 27.2 Å². The molecule has 1 aliphatic heterocycles. The molecular formula is C14H22N2O3S. The molecule has 5 nitrogen and oxygen atoms in total. The largest absolute Gasteiger partial charge is 0.481 e. The maximum Gasteiger partial charge on any atom is 0.315 e. The molecule has 1 saturated heterocycles. The zero-order chi connectivity index (χ0) is 14.9. The van der Waals surface area contributed by atoms with Crippen LogP contribution >= 0.6 is 11.3 Å². The second-order valence-corrected chi connectivity index (χ2v) is 6.64. The van der Waals surface area contributed by atoms with Crippen molar-refractivity contribution in [3.63, 3.8) is 0 Å². The summed E-state index contributed by atoms with van der Waals surface area (Å²) in [4.78, 5) is 18.1. The first-order chi connectivity index (χ1) is 9.36. The monoisotopic (exact) mass is 298 g/mol. The first-order valence-corrected chi connectivity index (χ1v) is 7.81. The topological polar surface area (TPSA) is 62.7 Å². The number of thiazole rings is 1. The van der Waals surface area contributed by atoms with Crippen molar-refractivity contribution in [2.75, 3.05) is 18.1 Å². The van der Waals surface area contributed by atoms with Crippen molar-refractivity contribution in [2.24, 2.45) is 0 Å². The minimum absolute atomic E-state index is 0.178. The summed E-state index contributed by atoms with van der Waals surface area (Å²) in [5, 5.41) is 12.0. The molecule has 1 fully saturated rings. The number of aromatic nitrogens is 1. The number of nitrogens with zero attached hydrogens (tertiary/aromatic N) is 2. The number of hydrogen-bond acceptors (Lipinski definition) is 5. The van der Waals surface area contributed by atoms with E-state index < -0.39 is 11.4 Å². The summed E-state index contributed by atoms with van der Waals surface area (Å²) >= 11 is 1.52. The van der Waals surface area contributed by atoms with E-state index in [1.165, 1.54) is 11.3 Å². The Balaban J connectivity index is 2.25. The Morgan fingerprint density at radius 3 is 2.95 bits per heavy atom. The first kappa shape index (κ1) is 15.3. The van der Waals surface area contributed by atoms with E-state index in [1.807, 2.05) is 5.38 Å². The number of aliphatic carboxylic acids is 1. The third-order valence-corrected chi connectivity index (χ3v) is 4.73. The fraction of sp³-hybridized carbons (Fsp3) is 0.714. The van der Waals surface area contributed by atoms with Crippen molar-refractivity contribution >= 4 is 22.4 Å². The fourth-order valence-electron chi connectivity index (χ4n) is 2.21. The van der Waals surface area contributed by atoms with Gasteiger partial charge in [-0.2, -0.15) is 0 Å². The number of hydrogen-bond donors (Lipinski definition) is 1. The SMILES string of the molecule is CCC1COC(C)CN1c1nc(C(C)(C)C(=O)O)cs1. The van der Waals surface area contributed by atoms with Gasteiger partial charge in [0.15, 0.2) is 5.13 Å². The van der Waals surface area contributed by atoms with E-state index in [1.54, 1.807) is 13.8 Å². The van der Waals surface area contributed by atoms with Crippen molar-refractivity contribution in [2.45, 2.75) is 51.7 Å². The van der Waals surface area contributed by atoms with E-state index in [9.17, 15) is 9.90 Å². The van der Waals surface area contributed by atoms with Gasteiger partial charge in [-0.1, -0.05) is 6.92 Å². The lowest BCUT2D eigenvalue weighted by atomic mass is 9.90. The molecule has 112 valence electrons. The van der Waals surface area contributed by atoms with Gasteiger partial charge in [0, 0.05) is 11.9 Å². The molecule has 1 aliphatic rings. The van der Waals surface area contributed by atoms with Gasteiger partial charge in [0.25, 0.3) is 0 Å². The van der Waals surface area contributed by atoms with Crippen molar-refractivity contribution in [3.05, 3.63) is 11.1 Å². The molecule has 2 atom stereocenters. The van der Waals surface area contributed by atoms with Gasteiger partial charge in [-0.15, -0.1) is 11.3 Å². The Morgan fingerprint density at radius 1 is 1.65 bits per heavy atom. The number of anilines is 1. The fourth-order valence-corrected chi connectivity index (χ4v) is 3.28. The highest BCUT2D eigenvalue weighted by Crippen LogP contribution is 2.32. The molecule has 2 unspecified atom stereocenters. The lowest BCUT2D eigenvalue weighted by molar-refractivity contribution is -0.142. The number of carboxylic acid groups (broad SMARTS) is 1. The molecule has 0 aliphatic carbocycles. The smallest absolute Gasteiger partial charge is 0.315 e. The molecule has 6 heteroatoms. The molecule has 1 aromatic rings. The highest BCUT2D eigenvalue weighted by molar-refractivity contribution is 7.13. The third kappa shape index (κ3) is 2.81. The van der Waals surface area contributed by atoms with Crippen LogP contribution in [0.1, 0.15) is 39.8 Å². The summed E-state index contributed by atoms with van der Waals surface area (Å²) in [5.41, 5.74) is -0.326. The average molecular weight is 298 g/mol. The van der Waals surface area contributed by atoms with Crippen LogP contribution in [0.3, 0.4) is 0 Å². The lowest BCUT2D eigenvalue weighted by Crippen LogP contribution is -2.48. The molecule has 0 spiro atoms. The number of carboxylic acids is 1. The molecule has 0 saturated carbocycles. The van der Waals surface area contributed by atoms with Crippen LogP contribution in [0.2, 0.25) is 0 Å². The Labute approximate surface area is 123 Å². The molecular weight excluding hydrogens is 276 g/mol. The average Bonchev–Trinajstić information content (AvgIpc) is 2.88. The summed E-state index contributed by atoms with van der Waals surface area (Å²) in [5.74, 6) is -0.850. The zero-order valence-electron chi connectivity index (χ0n) is 12.4. The van der Waals surface area contributed by atoms with Crippen molar-refractivity contribution in [3.8, 4) is 0 Å². The van der Waals surface area contributed by atoms with Crippen molar-refractivity contribution in [1.82, 2.24) is 4.98 Å². The summed E-state index contributed by atoms with van der Waals surface area (Å²) in [6, 6.07) is 0.318. The highest BCUT2D eigenvalue weighted by Gasteiger charge is 2.34. The molecule has 0 radical (unpaired) electrons. The van der Waals surface area contributed by atoms with E-state index in [4.69, 9.17) is 4.74 Å². The van der Waals surface area contributed by atoms with Crippen LogP contribution in [0.5, 0.6) is 0 Å². The van der Waals surface area contributed by atoms with E-state index >= 15 is 0 Å². The minimum atomic E-state index is -0.950. The predicted octanol–water partition coefficient (Wildman–Crippen LogP) is 2.51. The Hall–Kier alpha value is -1.14. The minimum Gasteiger partial charge on any atom is -0.481 e. The molecule has 1 aromatic heterocycles. The predicted molar refractivity (Wildman–Crippen MR) is 79.6 cm³/mol. The van der Waals surface area contributed by atoms with Gasteiger partial charge in [0.05, 0.1) is 24.4 Å². The van der Waals surface area contributed by atoms with Crippen LogP contribution in [0.4, 0.5) is 5.13 Å². The van der Waals surface area contributed by atoms with Gasteiger partial charge in [-0.3, -0.25) is 4.79 Å². The van der Waals surface area contributed by atoms with Gasteiger partial charge in [-0.25, -0.2) is 4.98 Å². The van der Waals surface area contributed by atoms with Gasteiger partial charge in [0.2, 0.25) is 0 Å². The highest BCUT2D eigenvalue weighted by atomic mass is 32.1. The summed E-state index contributed by atoms with van der Waals surface area (Å²) in [6.07, 6.45) is 1.17. The van der Waals surface area contributed by atoms with Crippen LogP contribution in [0.25, 0.3) is 0 Å². The molecule has 0 amide bonds. The Morgan fingerprint density at radius 2 is 2.35 bits per heavy atom. The number of ether oxygens (including phenoxy) is 1. The van der Waals surface area contributed by atoms with Crippen LogP contribution in [0, 0.1) is 0 Å². The van der Waals surface area contributed by atoms with Crippen molar-refractivity contribution in [1.29, 1.82) is 0 Å². The number of morpholine rings is 1. The van der Waals surface area contributed by atoms with Gasteiger partial charge < -0.3 is 14.7 Å². The second-order valence-electron chi connectivity index (χ2n) is 5.80. The Bertz CT molecular complexity index is 487. The summed E-state index contributed by atoms with van der Waals surface area (Å²) in [6.45, 7) is 9.07. The van der Waals surface area contributed by atoms with Crippen LogP contribution in [0.15, 0.2) is 5.38 Å². The second kappa shape index (κ2) is 5.69. The molecule has 2 rings (SSSR count). The number of rotatable bonds is 4. The molecule has 1 N–H and O–H groups in total. The third-order valence-electron chi connectivity index (χ3n) is 3.85. The normalized spacial score (nSPS) is 23.9. The lowest BCUT2D eigenvalue weighted by Gasteiger charge is -2.38. The molecule has 0 aromatic carbocycles. The van der Waals surface area contributed by atoms with E-state index in [0.717, 1.165) is 18.1 Å². The standard InChI is InChI=1S/C14H22N2O3S/c1-5-10-7-19-9(2)6-16(10)13-15-11(8-20-13)14(3,4)12(17)18/h8-10H,5-7H2,1-4H3,(H,17,18). The van der Waals surface area contributed by atoms with Crippen LogP contribution in [-0.4, -0.2) is 41.4 Å². The van der Waals surface area contributed by atoms with Crippen LogP contribution in [-0.2, 0) is 14.9 Å². The van der Waals surface area contributed by atoms with E-state index in [-0.39, 0.29) is 6.10 Å².